The molecule has 4 nitrogen and oxygen atoms in total. The van der Waals surface area contributed by atoms with Gasteiger partial charge in [-0.2, -0.15) is 18.4 Å². The summed E-state index contributed by atoms with van der Waals surface area (Å²) in [6.07, 6.45) is -5.36. The lowest BCUT2D eigenvalue weighted by Gasteiger charge is -2.19. The number of ether oxygens (including phenoxy) is 1. The molecule has 19 heavy (non-hydrogen) atoms. The number of halogens is 3. The number of alkyl halides is 3. The monoisotopic (exact) mass is 272 g/mol. The smallest absolute Gasteiger partial charge is 0.416 e. The third-order valence-corrected chi connectivity index (χ3v) is 2.35. The van der Waals surface area contributed by atoms with Crippen molar-refractivity contribution >= 4 is 11.8 Å². The lowest BCUT2D eigenvalue weighted by atomic mass is 10.1. The maximum absolute atomic E-state index is 12.6. The van der Waals surface area contributed by atoms with Crippen molar-refractivity contribution in [2.45, 2.75) is 13.1 Å². The first kappa shape index (κ1) is 14.8. The van der Waals surface area contributed by atoms with Gasteiger partial charge in [0.25, 0.3) is 0 Å². The summed E-state index contributed by atoms with van der Waals surface area (Å²) in [4.78, 5) is 12.4. The second-order valence-corrected chi connectivity index (χ2v) is 3.60. The molecule has 1 aromatic carbocycles. The number of carbonyl (C=O) groups excluding carboxylic acids is 1. The van der Waals surface area contributed by atoms with Gasteiger partial charge in [0.2, 0.25) is 0 Å². The molecule has 0 aromatic heterocycles. The Kier molecular flexibility index (Phi) is 4.38. The van der Waals surface area contributed by atoms with E-state index >= 15 is 0 Å². The lowest BCUT2D eigenvalue weighted by Crippen LogP contribution is -2.28. The van der Waals surface area contributed by atoms with Gasteiger partial charge in [0, 0.05) is 7.05 Å². The number of hydrogen-bond donors (Lipinski definition) is 0. The number of hydrogen-bond acceptors (Lipinski definition) is 3. The second kappa shape index (κ2) is 5.61. The first-order valence-electron chi connectivity index (χ1n) is 5.33. The van der Waals surface area contributed by atoms with E-state index < -0.39 is 17.8 Å². The summed E-state index contributed by atoms with van der Waals surface area (Å²) in [5.41, 5.74) is -1.11. The maximum atomic E-state index is 12.6. The van der Waals surface area contributed by atoms with Crippen LogP contribution < -0.4 is 4.90 Å². The van der Waals surface area contributed by atoms with Gasteiger partial charge in [0.05, 0.1) is 23.4 Å². The number of benzene rings is 1. The molecule has 0 bridgehead atoms. The summed E-state index contributed by atoms with van der Waals surface area (Å²) >= 11 is 0. The molecule has 0 radical (unpaired) electrons. The van der Waals surface area contributed by atoms with Gasteiger partial charge in [-0.1, -0.05) is 0 Å². The average Bonchev–Trinajstić information content (AvgIpc) is 2.36. The van der Waals surface area contributed by atoms with Gasteiger partial charge < -0.3 is 4.74 Å². The molecule has 0 atom stereocenters. The van der Waals surface area contributed by atoms with Crippen LogP contribution in [0.25, 0.3) is 0 Å². The molecule has 1 aromatic rings. The van der Waals surface area contributed by atoms with E-state index in [-0.39, 0.29) is 17.9 Å². The molecule has 7 heteroatoms. The van der Waals surface area contributed by atoms with Gasteiger partial charge in [0.15, 0.2) is 0 Å². The van der Waals surface area contributed by atoms with Crippen LogP contribution in [0.2, 0.25) is 0 Å². The summed E-state index contributed by atoms with van der Waals surface area (Å²) in [5, 5.41) is 8.86. The topological polar surface area (TPSA) is 53.3 Å². The van der Waals surface area contributed by atoms with Gasteiger partial charge in [-0.05, 0) is 25.1 Å². The Bertz CT molecular complexity index is 521. The Labute approximate surface area is 108 Å². The van der Waals surface area contributed by atoms with Crippen LogP contribution in [-0.2, 0) is 10.9 Å². The van der Waals surface area contributed by atoms with Crippen LogP contribution in [0.15, 0.2) is 18.2 Å². The molecule has 0 aliphatic carbocycles. The molecule has 0 aliphatic rings. The van der Waals surface area contributed by atoms with Crippen LogP contribution in [0.3, 0.4) is 0 Å². The van der Waals surface area contributed by atoms with Gasteiger partial charge in [-0.3, -0.25) is 4.90 Å². The Morgan fingerprint density at radius 2 is 2.11 bits per heavy atom. The molecule has 0 fully saturated rings. The Morgan fingerprint density at radius 3 is 2.58 bits per heavy atom. The fourth-order valence-corrected chi connectivity index (χ4v) is 1.40. The molecular formula is C12H11F3N2O2. The van der Waals surface area contributed by atoms with E-state index in [4.69, 9.17) is 5.26 Å². The van der Waals surface area contributed by atoms with E-state index in [0.717, 1.165) is 23.1 Å². The van der Waals surface area contributed by atoms with Crippen molar-refractivity contribution in [3.05, 3.63) is 29.3 Å². The maximum Gasteiger partial charge on any atom is 0.416 e. The summed E-state index contributed by atoms with van der Waals surface area (Å²) in [6.45, 7) is 1.66. The van der Waals surface area contributed by atoms with Crippen molar-refractivity contribution in [2.75, 3.05) is 18.6 Å². The highest BCUT2D eigenvalue weighted by atomic mass is 19.4. The molecule has 1 amide bonds. The molecule has 1 rings (SSSR count). The van der Waals surface area contributed by atoms with Crippen molar-refractivity contribution < 1.29 is 22.7 Å². The Morgan fingerprint density at radius 1 is 1.47 bits per heavy atom. The first-order chi connectivity index (χ1) is 8.81. The third-order valence-electron chi connectivity index (χ3n) is 2.35. The number of carbonyl (C=O) groups is 1. The number of nitriles is 1. The molecule has 0 saturated carbocycles. The highest BCUT2D eigenvalue weighted by Gasteiger charge is 2.32. The average molecular weight is 272 g/mol. The molecule has 0 heterocycles. The molecule has 0 saturated heterocycles. The van der Waals surface area contributed by atoms with E-state index in [0.29, 0.717) is 0 Å². The summed E-state index contributed by atoms with van der Waals surface area (Å²) < 4.78 is 42.5. The van der Waals surface area contributed by atoms with Gasteiger partial charge in [-0.25, -0.2) is 4.79 Å². The van der Waals surface area contributed by atoms with Crippen molar-refractivity contribution in [2.24, 2.45) is 0 Å². The fraction of sp³-hybridized carbons (Fsp3) is 0.333. The number of amides is 1. The minimum absolute atomic E-state index is 0.0384. The standard InChI is InChI=1S/C12H11F3N2O2/c1-3-19-11(18)17(2)10-6-9(12(13,14)15)5-4-8(10)7-16/h4-6H,3H2,1-2H3. The van der Waals surface area contributed by atoms with E-state index in [1.165, 1.54) is 7.05 Å². The predicted molar refractivity (Wildman–Crippen MR) is 61.6 cm³/mol. The Hall–Kier alpha value is -2.23. The quantitative estimate of drug-likeness (QED) is 0.830. The van der Waals surface area contributed by atoms with Crippen molar-refractivity contribution in [3.8, 4) is 6.07 Å². The lowest BCUT2D eigenvalue weighted by molar-refractivity contribution is -0.137. The van der Waals surface area contributed by atoms with E-state index in [1.54, 1.807) is 13.0 Å². The van der Waals surface area contributed by atoms with E-state index in [2.05, 4.69) is 4.74 Å². The largest absolute Gasteiger partial charge is 0.449 e. The SMILES string of the molecule is CCOC(=O)N(C)c1cc(C(F)(F)F)ccc1C#N. The van der Waals surface area contributed by atoms with Crippen LogP contribution in [-0.4, -0.2) is 19.7 Å². The summed E-state index contributed by atoms with van der Waals surface area (Å²) in [7, 11) is 1.24. The normalized spacial score (nSPS) is 10.7. The minimum atomic E-state index is -4.54. The van der Waals surface area contributed by atoms with Crippen molar-refractivity contribution in [1.82, 2.24) is 0 Å². The molecule has 0 N–H and O–H groups in total. The third kappa shape index (κ3) is 3.37. The van der Waals surface area contributed by atoms with E-state index in [1.807, 2.05) is 0 Å². The highest BCUT2D eigenvalue weighted by Crippen LogP contribution is 2.33. The zero-order valence-electron chi connectivity index (χ0n) is 10.3. The second-order valence-electron chi connectivity index (χ2n) is 3.60. The van der Waals surface area contributed by atoms with Crippen molar-refractivity contribution in [3.63, 3.8) is 0 Å². The molecule has 0 unspecified atom stereocenters. The van der Waals surface area contributed by atoms with E-state index in [9.17, 15) is 18.0 Å². The first-order valence-corrected chi connectivity index (χ1v) is 5.33. The molecule has 0 spiro atoms. The number of anilines is 1. The number of nitrogens with zero attached hydrogens (tertiary/aromatic N) is 2. The van der Waals surface area contributed by atoms with Crippen LogP contribution in [0.5, 0.6) is 0 Å². The molecule has 102 valence electrons. The minimum Gasteiger partial charge on any atom is -0.449 e. The fourth-order valence-electron chi connectivity index (χ4n) is 1.40. The van der Waals surface area contributed by atoms with Gasteiger partial charge in [0.1, 0.15) is 6.07 Å². The molecule has 0 aliphatic heterocycles. The zero-order valence-corrected chi connectivity index (χ0v) is 10.3. The predicted octanol–water partition coefficient (Wildman–Crippen LogP) is 3.17. The van der Waals surface area contributed by atoms with Gasteiger partial charge >= 0.3 is 12.3 Å². The van der Waals surface area contributed by atoms with Crippen LogP contribution in [0.1, 0.15) is 18.1 Å². The van der Waals surface area contributed by atoms with Crippen LogP contribution in [0, 0.1) is 11.3 Å². The van der Waals surface area contributed by atoms with Crippen LogP contribution in [0.4, 0.5) is 23.7 Å². The Balaban J connectivity index is 3.24. The van der Waals surface area contributed by atoms with Gasteiger partial charge in [-0.15, -0.1) is 0 Å². The summed E-state index contributed by atoms with van der Waals surface area (Å²) in [5.74, 6) is 0. The molecular weight excluding hydrogens is 261 g/mol. The van der Waals surface area contributed by atoms with Crippen LogP contribution >= 0.6 is 0 Å². The number of rotatable bonds is 2. The van der Waals surface area contributed by atoms with Crippen molar-refractivity contribution in [1.29, 1.82) is 5.26 Å². The summed E-state index contributed by atoms with van der Waals surface area (Å²) in [6, 6.07) is 4.30. The zero-order chi connectivity index (χ0) is 14.6. The highest BCUT2D eigenvalue weighted by molar-refractivity contribution is 5.89.